The standard InChI is InChI=1S/C13H15F3N2O2/c14-13(15,16)20-10-5-3-9(4-6-10)11(12(17)19)18-7-8-1-2-8/h3-6,8,11,18H,1-2,7H2,(H2,17,19). The van der Waals surface area contributed by atoms with Crippen molar-refractivity contribution in [3.8, 4) is 5.75 Å². The monoisotopic (exact) mass is 288 g/mol. The van der Waals surface area contributed by atoms with Crippen LogP contribution in [-0.4, -0.2) is 18.8 Å². The van der Waals surface area contributed by atoms with Gasteiger partial charge in [-0.15, -0.1) is 13.2 Å². The van der Waals surface area contributed by atoms with Gasteiger partial charge in [0.1, 0.15) is 11.8 Å². The van der Waals surface area contributed by atoms with E-state index in [1.165, 1.54) is 12.1 Å². The maximum Gasteiger partial charge on any atom is 0.573 e. The molecule has 1 aliphatic carbocycles. The summed E-state index contributed by atoms with van der Waals surface area (Å²) in [5, 5.41) is 3.03. The van der Waals surface area contributed by atoms with E-state index in [-0.39, 0.29) is 5.75 Å². The first-order valence-corrected chi connectivity index (χ1v) is 6.23. The molecule has 0 spiro atoms. The number of carbonyl (C=O) groups is 1. The fraction of sp³-hybridized carbons (Fsp3) is 0.462. The van der Waals surface area contributed by atoms with Crippen LogP contribution >= 0.6 is 0 Å². The molecule has 0 heterocycles. The fourth-order valence-corrected chi connectivity index (χ4v) is 1.85. The Labute approximate surface area is 114 Å². The molecule has 1 aromatic carbocycles. The summed E-state index contributed by atoms with van der Waals surface area (Å²) in [5.74, 6) is -0.327. The van der Waals surface area contributed by atoms with Crippen molar-refractivity contribution in [3.63, 3.8) is 0 Å². The van der Waals surface area contributed by atoms with E-state index in [1.807, 2.05) is 0 Å². The van der Waals surface area contributed by atoms with Crippen LogP contribution in [0.3, 0.4) is 0 Å². The molecule has 4 nitrogen and oxygen atoms in total. The van der Waals surface area contributed by atoms with Gasteiger partial charge in [0, 0.05) is 0 Å². The number of hydrogen-bond acceptors (Lipinski definition) is 3. The number of primary amides is 1. The van der Waals surface area contributed by atoms with Crippen molar-refractivity contribution < 1.29 is 22.7 Å². The van der Waals surface area contributed by atoms with Gasteiger partial charge in [0.25, 0.3) is 0 Å². The maximum absolute atomic E-state index is 12.0. The van der Waals surface area contributed by atoms with Crippen LogP contribution in [0.1, 0.15) is 24.4 Å². The van der Waals surface area contributed by atoms with Gasteiger partial charge in [0.15, 0.2) is 0 Å². The van der Waals surface area contributed by atoms with E-state index >= 15 is 0 Å². The van der Waals surface area contributed by atoms with E-state index in [1.54, 1.807) is 0 Å². The molecule has 0 saturated heterocycles. The van der Waals surface area contributed by atoms with E-state index in [4.69, 9.17) is 5.73 Å². The van der Waals surface area contributed by atoms with Crippen LogP contribution in [0, 0.1) is 5.92 Å². The molecule has 1 amide bonds. The van der Waals surface area contributed by atoms with Crippen molar-refractivity contribution in [1.82, 2.24) is 5.32 Å². The summed E-state index contributed by atoms with van der Waals surface area (Å²) in [6.45, 7) is 0.675. The second-order valence-corrected chi connectivity index (χ2v) is 4.80. The van der Waals surface area contributed by atoms with Crippen molar-refractivity contribution in [2.75, 3.05) is 6.54 Å². The number of ether oxygens (including phenoxy) is 1. The number of nitrogens with one attached hydrogen (secondary N) is 1. The predicted octanol–water partition coefficient (Wildman–Crippen LogP) is 2.11. The van der Waals surface area contributed by atoms with E-state index in [0.29, 0.717) is 18.0 Å². The highest BCUT2D eigenvalue weighted by atomic mass is 19.4. The summed E-state index contributed by atoms with van der Waals surface area (Å²) < 4.78 is 39.9. The van der Waals surface area contributed by atoms with Crippen LogP contribution in [0.15, 0.2) is 24.3 Å². The summed E-state index contributed by atoms with van der Waals surface area (Å²) in [6.07, 6.45) is -2.48. The molecule has 2 rings (SSSR count). The highest BCUT2D eigenvalue weighted by molar-refractivity contribution is 5.81. The average molecular weight is 288 g/mol. The Morgan fingerprint density at radius 3 is 2.40 bits per heavy atom. The van der Waals surface area contributed by atoms with Gasteiger partial charge in [-0.3, -0.25) is 4.79 Å². The number of halogens is 3. The third kappa shape index (κ3) is 4.41. The van der Waals surface area contributed by atoms with Crippen LogP contribution in [0.4, 0.5) is 13.2 Å². The Kier molecular flexibility index (Phi) is 4.17. The Hall–Kier alpha value is -1.76. The molecule has 1 aliphatic rings. The molecule has 1 fully saturated rings. The van der Waals surface area contributed by atoms with Crippen LogP contribution in [-0.2, 0) is 4.79 Å². The van der Waals surface area contributed by atoms with E-state index in [2.05, 4.69) is 10.1 Å². The topological polar surface area (TPSA) is 64.4 Å². The number of benzene rings is 1. The van der Waals surface area contributed by atoms with Gasteiger partial charge in [0.2, 0.25) is 5.91 Å². The fourth-order valence-electron chi connectivity index (χ4n) is 1.85. The molecule has 0 aliphatic heterocycles. The lowest BCUT2D eigenvalue weighted by Gasteiger charge is -2.16. The highest BCUT2D eigenvalue weighted by Gasteiger charge is 2.31. The van der Waals surface area contributed by atoms with Gasteiger partial charge in [-0.2, -0.15) is 0 Å². The molecule has 7 heteroatoms. The van der Waals surface area contributed by atoms with Gasteiger partial charge in [0.05, 0.1) is 0 Å². The zero-order valence-corrected chi connectivity index (χ0v) is 10.6. The molecule has 1 unspecified atom stereocenters. The molecule has 0 aromatic heterocycles. The van der Waals surface area contributed by atoms with Crippen molar-refractivity contribution in [2.45, 2.75) is 25.2 Å². The Morgan fingerprint density at radius 1 is 1.35 bits per heavy atom. The smallest absolute Gasteiger partial charge is 0.406 e. The average Bonchev–Trinajstić information content (AvgIpc) is 3.13. The quantitative estimate of drug-likeness (QED) is 0.842. The molecule has 1 aromatic rings. The number of alkyl halides is 3. The first-order valence-electron chi connectivity index (χ1n) is 6.23. The molecule has 0 bridgehead atoms. The lowest BCUT2D eigenvalue weighted by molar-refractivity contribution is -0.274. The molecular weight excluding hydrogens is 273 g/mol. The van der Waals surface area contributed by atoms with Crippen LogP contribution in [0.5, 0.6) is 5.75 Å². The Morgan fingerprint density at radius 2 is 1.95 bits per heavy atom. The van der Waals surface area contributed by atoms with Crippen LogP contribution in [0.2, 0.25) is 0 Å². The molecular formula is C13H15F3N2O2. The second kappa shape index (κ2) is 5.70. The van der Waals surface area contributed by atoms with Gasteiger partial charge in [-0.05, 0) is 43.0 Å². The molecule has 3 N–H and O–H groups in total. The zero-order chi connectivity index (χ0) is 14.8. The molecule has 0 radical (unpaired) electrons. The predicted molar refractivity (Wildman–Crippen MR) is 65.8 cm³/mol. The number of carbonyl (C=O) groups excluding carboxylic acids is 1. The normalized spacial score (nSPS) is 16.8. The molecule has 20 heavy (non-hydrogen) atoms. The van der Waals surface area contributed by atoms with Crippen molar-refractivity contribution in [2.24, 2.45) is 11.7 Å². The van der Waals surface area contributed by atoms with E-state index < -0.39 is 18.3 Å². The lowest BCUT2D eigenvalue weighted by atomic mass is 10.1. The van der Waals surface area contributed by atoms with Crippen molar-refractivity contribution in [1.29, 1.82) is 0 Å². The summed E-state index contributed by atoms with van der Waals surface area (Å²) in [6, 6.07) is 4.43. The third-order valence-corrected chi connectivity index (χ3v) is 3.04. The first kappa shape index (κ1) is 14.6. The molecule has 1 atom stereocenters. The zero-order valence-electron chi connectivity index (χ0n) is 10.6. The van der Waals surface area contributed by atoms with Gasteiger partial charge >= 0.3 is 6.36 Å². The number of hydrogen-bond donors (Lipinski definition) is 2. The van der Waals surface area contributed by atoms with Gasteiger partial charge < -0.3 is 15.8 Å². The number of amides is 1. The number of rotatable bonds is 6. The summed E-state index contributed by atoms with van der Waals surface area (Å²) in [4.78, 5) is 11.4. The van der Waals surface area contributed by atoms with Crippen LogP contribution in [0.25, 0.3) is 0 Å². The second-order valence-electron chi connectivity index (χ2n) is 4.80. The highest BCUT2D eigenvalue weighted by Crippen LogP contribution is 2.29. The summed E-state index contributed by atoms with van der Waals surface area (Å²) in [7, 11) is 0. The Balaban J connectivity index is 2.02. The van der Waals surface area contributed by atoms with E-state index in [0.717, 1.165) is 25.0 Å². The summed E-state index contributed by atoms with van der Waals surface area (Å²) >= 11 is 0. The minimum atomic E-state index is -4.73. The maximum atomic E-state index is 12.0. The SMILES string of the molecule is NC(=O)C(NCC1CC1)c1ccc(OC(F)(F)F)cc1. The third-order valence-electron chi connectivity index (χ3n) is 3.04. The minimum absolute atomic E-state index is 0.327. The van der Waals surface area contributed by atoms with Gasteiger partial charge in [-0.25, -0.2) is 0 Å². The first-order chi connectivity index (χ1) is 9.35. The van der Waals surface area contributed by atoms with Gasteiger partial charge in [-0.1, -0.05) is 12.1 Å². The Bertz CT molecular complexity index is 469. The molecule has 1 saturated carbocycles. The minimum Gasteiger partial charge on any atom is -0.406 e. The molecule has 110 valence electrons. The van der Waals surface area contributed by atoms with Crippen molar-refractivity contribution >= 4 is 5.91 Å². The number of nitrogens with two attached hydrogens (primary N) is 1. The largest absolute Gasteiger partial charge is 0.573 e. The van der Waals surface area contributed by atoms with E-state index in [9.17, 15) is 18.0 Å². The summed E-state index contributed by atoms with van der Waals surface area (Å²) in [5.41, 5.74) is 5.82. The lowest BCUT2D eigenvalue weighted by Crippen LogP contribution is -2.34. The van der Waals surface area contributed by atoms with Crippen LogP contribution < -0.4 is 15.8 Å². The van der Waals surface area contributed by atoms with Crippen molar-refractivity contribution in [3.05, 3.63) is 29.8 Å².